The summed E-state index contributed by atoms with van der Waals surface area (Å²) in [6, 6.07) is 8.26. The molecule has 2 N–H and O–H groups in total. The molecule has 1 aliphatic carbocycles. The third-order valence-electron chi connectivity index (χ3n) is 5.19. The van der Waals surface area contributed by atoms with Gasteiger partial charge >= 0.3 is 5.97 Å². The van der Waals surface area contributed by atoms with E-state index in [1.54, 1.807) is 11.3 Å². The highest BCUT2D eigenvalue weighted by atomic mass is 32.1. The van der Waals surface area contributed by atoms with Gasteiger partial charge in [-0.25, -0.2) is 4.79 Å². The van der Waals surface area contributed by atoms with E-state index >= 15 is 0 Å². The lowest BCUT2D eigenvalue weighted by Gasteiger charge is -2.14. The predicted octanol–water partition coefficient (Wildman–Crippen LogP) is 6.35. The zero-order chi connectivity index (χ0) is 20.6. The van der Waals surface area contributed by atoms with E-state index in [1.807, 2.05) is 13.0 Å². The van der Waals surface area contributed by atoms with E-state index < -0.39 is 0 Å². The zero-order valence-corrected chi connectivity index (χ0v) is 18.9. The van der Waals surface area contributed by atoms with E-state index in [-0.39, 0.29) is 5.97 Å². The maximum Gasteiger partial charge on any atom is 0.341 e. The number of nitrogens with one attached hydrogen (secondary N) is 2. The number of aryl methyl sites for hydroxylation is 2. The van der Waals surface area contributed by atoms with Gasteiger partial charge in [-0.15, -0.1) is 11.3 Å². The van der Waals surface area contributed by atoms with Crippen LogP contribution in [0.15, 0.2) is 24.3 Å². The number of rotatable bonds is 7. The van der Waals surface area contributed by atoms with Gasteiger partial charge in [0.1, 0.15) is 5.00 Å². The van der Waals surface area contributed by atoms with Crippen LogP contribution >= 0.6 is 23.6 Å². The number of ether oxygens (including phenoxy) is 1. The molecule has 1 heterocycles. The fourth-order valence-electron chi connectivity index (χ4n) is 3.73. The molecule has 3 rings (SSSR count). The number of esters is 1. The molecule has 0 bridgehead atoms. The average Bonchev–Trinajstić information content (AvgIpc) is 2.88. The number of para-hydroxylation sites is 1. The van der Waals surface area contributed by atoms with Crippen LogP contribution in [0.1, 0.15) is 72.3 Å². The van der Waals surface area contributed by atoms with Gasteiger partial charge in [0.15, 0.2) is 5.11 Å². The van der Waals surface area contributed by atoms with Gasteiger partial charge in [-0.1, -0.05) is 38.0 Å². The first kappa shape index (κ1) is 21.8. The van der Waals surface area contributed by atoms with Crippen LogP contribution in [0.5, 0.6) is 0 Å². The summed E-state index contributed by atoms with van der Waals surface area (Å²) in [7, 11) is 0. The number of unbranched alkanes of at least 4 members (excludes halogenated alkanes) is 1. The van der Waals surface area contributed by atoms with Gasteiger partial charge in [0.25, 0.3) is 0 Å². The minimum atomic E-state index is -0.249. The van der Waals surface area contributed by atoms with Crippen molar-refractivity contribution in [3.63, 3.8) is 0 Å². The Kier molecular flexibility index (Phi) is 8.07. The van der Waals surface area contributed by atoms with Crippen molar-refractivity contribution in [2.24, 2.45) is 0 Å². The molecule has 0 aliphatic heterocycles. The van der Waals surface area contributed by atoms with Crippen LogP contribution in [-0.4, -0.2) is 17.7 Å². The minimum absolute atomic E-state index is 0.249. The Labute approximate surface area is 183 Å². The number of carbonyl (C=O) groups is 1. The van der Waals surface area contributed by atoms with Crippen molar-refractivity contribution in [2.75, 3.05) is 17.2 Å². The number of thiophene rings is 1. The first-order chi connectivity index (χ1) is 14.1. The van der Waals surface area contributed by atoms with Gasteiger partial charge in [0.05, 0.1) is 12.2 Å². The summed E-state index contributed by atoms with van der Waals surface area (Å²) in [6.45, 7) is 4.41. The number of hydrogen-bond donors (Lipinski definition) is 2. The van der Waals surface area contributed by atoms with Crippen LogP contribution in [0.2, 0.25) is 0 Å². The molecular formula is C23H30N2O2S2. The summed E-state index contributed by atoms with van der Waals surface area (Å²) in [4.78, 5) is 14.0. The Morgan fingerprint density at radius 1 is 1.14 bits per heavy atom. The Hall–Kier alpha value is -1.92. The predicted molar refractivity (Wildman–Crippen MR) is 126 cm³/mol. The Morgan fingerprint density at radius 2 is 1.93 bits per heavy atom. The van der Waals surface area contributed by atoms with E-state index in [0.717, 1.165) is 54.8 Å². The molecule has 0 amide bonds. The second-order valence-electron chi connectivity index (χ2n) is 7.33. The number of anilines is 2. The van der Waals surface area contributed by atoms with E-state index in [9.17, 15) is 4.79 Å². The van der Waals surface area contributed by atoms with E-state index in [4.69, 9.17) is 17.0 Å². The third kappa shape index (κ3) is 5.58. The molecule has 4 nitrogen and oxygen atoms in total. The van der Waals surface area contributed by atoms with Crippen LogP contribution in [-0.2, 0) is 24.0 Å². The molecule has 29 heavy (non-hydrogen) atoms. The highest BCUT2D eigenvalue weighted by Gasteiger charge is 2.26. The smallest absolute Gasteiger partial charge is 0.341 e. The molecule has 0 spiro atoms. The molecule has 156 valence electrons. The molecular weight excluding hydrogens is 400 g/mol. The highest BCUT2D eigenvalue weighted by Crippen LogP contribution is 2.38. The lowest BCUT2D eigenvalue weighted by Crippen LogP contribution is -2.21. The number of fused-ring (bicyclic) bond motifs is 1. The largest absolute Gasteiger partial charge is 0.462 e. The van der Waals surface area contributed by atoms with Crippen LogP contribution in [0.3, 0.4) is 0 Å². The molecule has 1 aromatic heterocycles. The van der Waals surface area contributed by atoms with Crippen LogP contribution < -0.4 is 10.6 Å². The van der Waals surface area contributed by atoms with Gasteiger partial charge in [0, 0.05) is 10.6 Å². The minimum Gasteiger partial charge on any atom is -0.462 e. The highest BCUT2D eigenvalue weighted by molar-refractivity contribution is 7.80. The number of carbonyl (C=O) groups excluding carboxylic acids is 1. The topological polar surface area (TPSA) is 50.4 Å². The number of hydrogen-bond acceptors (Lipinski definition) is 4. The van der Waals surface area contributed by atoms with Crippen molar-refractivity contribution < 1.29 is 9.53 Å². The second kappa shape index (κ2) is 10.7. The summed E-state index contributed by atoms with van der Waals surface area (Å²) >= 11 is 7.25. The fraction of sp³-hybridized carbons (Fsp3) is 0.478. The van der Waals surface area contributed by atoms with Crippen molar-refractivity contribution >= 4 is 45.3 Å². The summed E-state index contributed by atoms with van der Waals surface area (Å²) in [5.41, 5.74) is 4.11. The first-order valence-electron chi connectivity index (χ1n) is 10.6. The van der Waals surface area contributed by atoms with Crippen molar-refractivity contribution in [3.05, 3.63) is 45.8 Å². The zero-order valence-electron chi connectivity index (χ0n) is 17.3. The van der Waals surface area contributed by atoms with E-state index in [0.29, 0.717) is 17.3 Å². The van der Waals surface area contributed by atoms with E-state index in [1.165, 1.54) is 23.3 Å². The summed E-state index contributed by atoms with van der Waals surface area (Å²) in [5, 5.41) is 7.95. The Balaban J connectivity index is 1.81. The van der Waals surface area contributed by atoms with Crippen LogP contribution in [0, 0.1) is 0 Å². The summed E-state index contributed by atoms with van der Waals surface area (Å²) < 4.78 is 5.36. The standard InChI is InChI=1S/C23H30N2O2S2/c1-3-5-11-16-12-9-10-14-18(16)24-23(28)25-21-20(22(26)27-4-2)17-13-7-6-8-15-19(17)29-21/h9-10,12,14H,3-8,11,13,15H2,1-2H3,(H2,24,25,28). The van der Waals surface area contributed by atoms with Crippen LogP contribution in [0.4, 0.5) is 10.7 Å². The summed E-state index contributed by atoms with van der Waals surface area (Å²) in [5.74, 6) is -0.249. The van der Waals surface area contributed by atoms with Gasteiger partial charge in [0.2, 0.25) is 0 Å². The Morgan fingerprint density at radius 3 is 2.72 bits per heavy atom. The molecule has 0 atom stereocenters. The molecule has 1 aliphatic rings. The van der Waals surface area contributed by atoms with Crippen molar-refractivity contribution in [2.45, 2.75) is 65.2 Å². The quantitative estimate of drug-likeness (QED) is 0.305. The van der Waals surface area contributed by atoms with Crippen molar-refractivity contribution in [1.29, 1.82) is 0 Å². The molecule has 2 aromatic rings. The molecule has 0 unspecified atom stereocenters. The fourth-order valence-corrected chi connectivity index (χ4v) is 5.29. The van der Waals surface area contributed by atoms with Crippen molar-refractivity contribution in [3.8, 4) is 0 Å². The summed E-state index contributed by atoms with van der Waals surface area (Å²) in [6.07, 6.45) is 8.76. The first-order valence-corrected chi connectivity index (χ1v) is 11.8. The number of benzene rings is 1. The van der Waals surface area contributed by atoms with Gasteiger partial charge in [-0.2, -0.15) is 0 Å². The van der Waals surface area contributed by atoms with Gasteiger partial charge < -0.3 is 15.4 Å². The van der Waals surface area contributed by atoms with Crippen molar-refractivity contribution in [1.82, 2.24) is 0 Å². The molecule has 6 heteroatoms. The SMILES string of the molecule is CCCCc1ccccc1NC(=S)Nc1sc2c(c1C(=O)OCC)CCCCC2. The van der Waals surface area contributed by atoms with Gasteiger partial charge in [-0.3, -0.25) is 0 Å². The molecule has 0 fully saturated rings. The average molecular weight is 431 g/mol. The Bertz CT molecular complexity index is 861. The normalized spacial score (nSPS) is 13.3. The maximum absolute atomic E-state index is 12.7. The lowest BCUT2D eigenvalue weighted by atomic mass is 10.1. The molecule has 1 aromatic carbocycles. The van der Waals surface area contributed by atoms with Crippen LogP contribution in [0.25, 0.3) is 0 Å². The maximum atomic E-state index is 12.7. The monoisotopic (exact) mass is 430 g/mol. The lowest BCUT2D eigenvalue weighted by molar-refractivity contribution is 0.0527. The molecule has 0 saturated heterocycles. The molecule has 0 radical (unpaired) electrons. The second-order valence-corrected chi connectivity index (χ2v) is 8.84. The van der Waals surface area contributed by atoms with Gasteiger partial charge in [-0.05, 0) is 74.9 Å². The third-order valence-corrected chi connectivity index (χ3v) is 6.60. The van der Waals surface area contributed by atoms with E-state index in [2.05, 4.69) is 35.8 Å². The molecule has 0 saturated carbocycles. The number of thiocarbonyl (C=S) groups is 1.